The molecule has 4 rings (SSSR count). The molecule has 0 aliphatic carbocycles. The normalized spacial score (nSPS) is 22.2. The van der Waals surface area contributed by atoms with E-state index in [2.05, 4.69) is 10.1 Å². The number of benzene rings is 2. The maximum atomic E-state index is 6.65. The number of rotatable bonds is 5. The van der Waals surface area contributed by atoms with E-state index in [-0.39, 0.29) is 6.10 Å². The van der Waals surface area contributed by atoms with Crippen LogP contribution in [0.3, 0.4) is 0 Å². The summed E-state index contributed by atoms with van der Waals surface area (Å²) >= 11 is 12.6. The third-order valence-corrected chi connectivity index (χ3v) is 5.04. The van der Waals surface area contributed by atoms with Gasteiger partial charge in [0.1, 0.15) is 29.8 Å². The third-order valence-electron chi connectivity index (χ3n) is 4.48. The Morgan fingerprint density at radius 2 is 1.96 bits per heavy atom. The SMILES string of the molecule is CC1COCC(Cn2cncn2)(c2ccc(Oc3ccc(Cl)cc3)cc2Cl)O1. The van der Waals surface area contributed by atoms with Crippen LogP contribution in [0, 0.1) is 0 Å². The zero-order valence-corrected chi connectivity index (χ0v) is 16.7. The Kier molecular flexibility index (Phi) is 5.55. The van der Waals surface area contributed by atoms with Gasteiger partial charge in [-0.2, -0.15) is 5.10 Å². The number of aromatic nitrogens is 3. The highest BCUT2D eigenvalue weighted by molar-refractivity contribution is 6.31. The van der Waals surface area contributed by atoms with Gasteiger partial charge in [-0.15, -0.1) is 0 Å². The summed E-state index contributed by atoms with van der Waals surface area (Å²) in [4.78, 5) is 4.01. The van der Waals surface area contributed by atoms with Crippen LogP contribution in [-0.4, -0.2) is 34.1 Å². The van der Waals surface area contributed by atoms with E-state index >= 15 is 0 Å². The van der Waals surface area contributed by atoms with E-state index < -0.39 is 5.60 Å². The number of nitrogens with zero attached hydrogens (tertiary/aromatic N) is 3. The molecule has 0 amide bonds. The Morgan fingerprint density at radius 1 is 1.18 bits per heavy atom. The molecule has 6 nitrogen and oxygen atoms in total. The van der Waals surface area contributed by atoms with Crippen LogP contribution in [0.15, 0.2) is 55.1 Å². The second kappa shape index (κ2) is 8.09. The second-order valence-electron chi connectivity index (χ2n) is 6.73. The minimum Gasteiger partial charge on any atom is -0.457 e. The lowest BCUT2D eigenvalue weighted by molar-refractivity contribution is -0.206. The summed E-state index contributed by atoms with van der Waals surface area (Å²) in [6.07, 6.45) is 3.07. The molecule has 2 heterocycles. The van der Waals surface area contributed by atoms with Crippen molar-refractivity contribution in [2.75, 3.05) is 13.2 Å². The number of hydrogen-bond acceptors (Lipinski definition) is 5. The third kappa shape index (κ3) is 4.15. The molecule has 1 fully saturated rings. The van der Waals surface area contributed by atoms with Gasteiger partial charge in [-0.05, 0) is 43.3 Å². The lowest BCUT2D eigenvalue weighted by atomic mass is 9.92. The molecule has 2 unspecified atom stereocenters. The molecule has 0 saturated carbocycles. The van der Waals surface area contributed by atoms with Gasteiger partial charge in [0.15, 0.2) is 0 Å². The van der Waals surface area contributed by atoms with Gasteiger partial charge in [-0.25, -0.2) is 9.67 Å². The first-order chi connectivity index (χ1) is 13.5. The summed E-state index contributed by atoms with van der Waals surface area (Å²) in [5, 5.41) is 5.39. The fourth-order valence-corrected chi connectivity index (χ4v) is 3.76. The van der Waals surface area contributed by atoms with E-state index in [4.69, 9.17) is 37.4 Å². The molecule has 3 aromatic rings. The van der Waals surface area contributed by atoms with Gasteiger partial charge >= 0.3 is 0 Å². The minimum atomic E-state index is -0.763. The van der Waals surface area contributed by atoms with Crippen molar-refractivity contribution >= 4 is 23.2 Å². The van der Waals surface area contributed by atoms with E-state index in [1.165, 1.54) is 6.33 Å². The maximum Gasteiger partial charge on any atom is 0.138 e. The minimum absolute atomic E-state index is 0.0710. The predicted molar refractivity (Wildman–Crippen MR) is 106 cm³/mol. The molecular formula is C20H19Cl2N3O3. The molecule has 1 aliphatic rings. The first-order valence-electron chi connectivity index (χ1n) is 8.85. The highest BCUT2D eigenvalue weighted by Gasteiger charge is 2.41. The highest BCUT2D eigenvalue weighted by Crippen LogP contribution is 2.39. The van der Waals surface area contributed by atoms with Crippen molar-refractivity contribution in [3.05, 3.63) is 70.7 Å². The quantitative estimate of drug-likeness (QED) is 0.599. The molecule has 1 aliphatic heterocycles. The summed E-state index contributed by atoms with van der Waals surface area (Å²) in [6, 6.07) is 12.7. The van der Waals surface area contributed by atoms with Crippen LogP contribution in [0.4, 0.5) is 0 Å². The average Bonchev–Trinajstić information content (AvgIpc) is 3.16. The van der Waals surface area contributed by atoms with Crippen molar-refractivity contribution in [1.29, 1.82) is 0 Å². The number of halogens is 2. The number of hydrogen-bond donors (Lipinski definition) is 0. The molecule has 0 spiro atoms. The van der Waals surface area contributed by atoms with Crippen LogP contribution in [-0.2, 0) is 21.6 Å². The molecule has 0 N–H and O–H groups in total. The maximum absolute atomic E-state index is 6.65. The molecular weight excluding hydrogens is 401 g/mol. The van der Waals surface area contributed by atoms with Crippen molar-refractivity contribution in [3.63, 3.8) is 0 Å². The Labute approximate surface area is 173 Å². The fraction of sp³-hybridized carbons (Fsp3) is 0.300. The Hall–Kier alpha value is -2.12. The molecule has 1 aromatic heterocycles. The summed E-state index contributed by atoms with van der Waals surface area (Å²) in [6.45, 7) is 3.32. The Bertz CT molecular complexity index is 934. The standard InChI is InChI=1S/C20H19Cl2N3O3/c1-14-9-26-11-20(28-14,10-25-13-23-12-24-25)18-7-6-17(8-19(18)22)27-16-4-2-15(21)3-5-16/h2-8,12-14H,9-11H2,1H3. The zero-order valence-electron chi connectivity index (χ0n) is 15.2. The molecule has 2 atom stereocenters. The largest absolute Gasteiger partial charge is 0.457 e. The molecule has 8 heteroatoms. The van der Waals surface area contributed by atoms with E-state index in [1.807, 2.05) is 19.1 Å². The lowest BCUT2D eigenvalue weighted by Crippen LogP contribution is -2.47. The predicted octanol–water partition coefficient (Wildman–Crippen LogP) is 4.71. The van der Waals surface area contributed by atoms with E-state index in [9.17, 15) is 0 Å². The van der Waals surface area contributed by atoms with Gasteiger partial charge in [0.25, 0.3) is 0 Å². The smallest absolute Gasteiger partial charge is 0.138 e. The first-order valence-corrected chi connectivity index (χ1v) is 9.61. The highest BCUT2D eigenvalue weighted by atomic mass is 35.5. The zero-order chi connectivity index (χ0) is 19.6. The van der Waals surface area contributed by atoms with Crippen molar-refractivity contribution in [1.82, 2.24) is 14.8 Å². The van der Waals surface area contributed by atoms with Gasteiger partial charge in [-0.1, -0.05) is 29.3 Å². The van der Waals surface area contributed by atoms with E-state index in [0.717, 1.165) is 5.56 Å². The summed E-state index contributed by atoms with van der Waals surface area (Å²) in [7, 11) is 0. The van der Waals surface area contributed by atoms with Crippen LogP contribution in [0.5, 0.6) is 11.5 Å². The van der Waals surface area contributed by atoms with Crippen molar-refractivity contribution in [2.45, 2.75) is 25.2 Å². The van der Waals surface area contributed by atoms with Gasteiger partial charge in [0.2, 0.25) is 0 Å². The van der Waals surface area contributed by atoms with Crippen molar-refractivity contribution in [2.24, 2.45) is 0 Å². The monoisotopic (exact) mass is 419 g/mol. The van der Waals surface area contributed by atoms with Gasteiger partial charge in [-0.3, -0.25) is 0 Å². The lowest BCUT2D eigenvalue weighted by Gasteiger charge is -2.40. The van der Waals surface area contributed by atoms with E-state index in [0.29, 0.717) is 41.3 Å². The van der Waals surface area contributed by atoms with Crippen LogP contribution in [0.25, 0.3) is 0 Å². The van der Waals surface area contributed by atoms with Gasteiger partial charge in [0, 0.05) is 10.6 Å². The van der Waals surface area contributed by atoms with Crippen LogP contribution >= 0.6 is 23.2 Å². The van der Waals surface area contributed by atoms with Crippen LogP contribution in [0.1, 0.15) is 12.5 Å². The molecule has 146 valence electrons. The van der Waals surface area contributed by atoms with Crippen molar-refractivity contribution < 1.29 is 14.2 Å². The number of ether oxygens (including phenoxy) is 3. The molecule has 1 saturated heterocycles. The van der Waals surface area contributed by atoms with Crippen molar-refractivity contribution in [3.8, 4) is 11.5 Å². The molecule has 0 bridgehead atoms. The fourth-order valence-electron chi connectivity index (χ4n) is 3.30. The molecule has 2 aromatic carbocycles. The Balaban J connectivity index is 1.63. The molecule has 0 radical (unpaired) electrons. The summed E-state index contributed by atoms with van der Waals surface area (Å²) < 4.78 is 19.7. The van der Waals surface area contributed by atoms with Crippen LogP contribution < -0.4 is 4.74 Å². The van der Waals surface area contributed by atoms with Gasteiger partial charge < -0.3 is 14.2 Å². The Morgan fingerprint density at radius 3 is 2.64 bits per heavy atom. The van der Waals surface area contributed by atoms with E-state index in [1.54, 1.807) is 41.3 Å². The average molecular weight is 420 g/mol. The van der Waals surface area contributed by atoms with Crippen LogP contribution in [0.2, 0.25) is 10.0 Å². The summed E-state index contributed by atoms with van der Waals surface area (Å²) in [5.74, 6) is 1.30. The summed E-state index contributed by atoms with van der Waals surface area (Å²) in [5.41, 5.74) is 0.0565. The molecule has 28 heavy (non-hydrogen) atoms. The topological polar surface area (TPSA) is 58.4 Å². The second-order valence-corrected chi connectivity index (χ2v) is 7.57. The van der Waals surface area contributed by atoms with Gasteiger partial charge in [0.05, 0.1) is 30.9 Å². The first kappa shape index (κ1) is 19.2.